The molecule has 0 radical (unpaired) electrons. The van der Waals surface area contributed by atoms with E-state index in [4.69, 9.17) is 27.9 Å². The Kier molecular flexibility index (Phi) is 8.44. The SMILES string of the molecule is Cc1ccccc1OCCCN(C)C(=O)C1CCN(S(=O)(=O)c2cc(Cl)ccc2Cl)CC1. The fourth-order valence-corrected chi connectivity index (χ4v) is 5.99. The second kappa shape index (κ2) is 10.9. The lowest BCUT2D eigenvalue weighted by Gasteiger charge is -2.32. The van der Waals surface area contributed by atoms with Gasteiger partial charge in [-0.3, -0.25) is 4.79 Å². The summed E-state index contributed by atoms with van der Waals surface area (Å²) in [6.07, 6.45) is 1.66. The number of para-hydroxylation sites is 1. The third-order valence-electron chi connectivity index (χ3n) is 5.68. The fourth-order valence-electron chi connectivity index (χ4n) is 3.78. The van der Waals surface area contributed by atoms with Crippen LogP contribution in [0.4, 0.5) is 0 Å². The van der Waals surface area contributed by atoms with Gasteiger partial charge in [0.15, 0.2) is 0 Å². The van der Waals surface area contributed by atoms with E-state index in [9.17, 15) is 13.2 Å². The molecular weight excluding hydrogens is 471 g/mol. The predicted molar refractivity (Wildman–Crippen MR) is 127 cm³/mol. The van der Waals surface area contributed by atoms with Crippen molar-refractivity contribution in [3.05, 3.63) is 58.1 Å². The van der Waals surface area contributed by atoms with Crippen LogP contribution in [-0.4, -0.2) is 56.8 Å². The number of benzene rings is 2. The molecule has 6 nitrogen and oxygen atoms in total. The number of carbonyl (C=O) groups excluding carboxylic acids is 1. The number of sulfonamides is 1. The van der Waals surface area contributed by atoms with Gasteiger partial charge >= 0.3 is 0 Å². The summed E-state index contributed by atoms with van der Waals surface area (Å²) in [6, 6.07) is 12.2. The van der Waals surface area contributed by atoms with E-state index in [1.807, 2.05) is 31.2 Å². The normalized spacial score (nSPS) is 15.5. The third kappa shape index (κ3) is 5.95. The molecule has 0 spiro atoms. The van der Waals surface area contributed by atoms with E-state index in [1.54, 1.807) is 18.0 Å². The highest BCUT2D eigenvalue weighted by Gasteiger charge is 2.34. The van der Waals surface area contributed by atoms with E-state index in [2.05, 4.69) is 0 Å². The third-order valence-corrected chi connectivity index (χ3v) is 8.29. The van der Waals surface area contributed by atoms with Crippen LogP contribution >= 0.6 is 23.2 Å². The molecule has 1 aliphatic rings. The van der Waals surface area contributed by atoms with E-state index in [0.29, 0.717) is 31.0 Å². The highest BCUT2D eigenvalue weighted by atomic mass is 35.5. The standard InChI is InChI=1S/C23H28Cl2N2O4S/c1-17-6-3-4-7-21(17)31-15-5-12-26(2)23(28)18-10-13-27(14-11-18)32(29,30)22-16-19(24)8-9-20(22)25/h3-4,6-9,16,18H,5,10-15H2,1-2H3. The maximum Gasteiger partial charge on any atom is 0.244 e. The van der Waals surface area contributed by atoms with Gasteiger partial charge in [-0.1, -0.05) is 41.4 Å². The molecule has 2 aromatic rings. The topological polar surface area (TPSA) is 66.9 Å². The van der Waals surface area contributed by atoms with Crippen molar-refractivity contribution in [2.75, 3.05) is 33.3 Å². The van der Waals surface area contributed by atoms with E-state index in [1.165, 1.54) is 16.4 Å². The van der Waals surface area contributed by atoms with Crippen molar-refractivity contribution in [1.29, 1.82) is 0 Å². The van der Waals surface area contributed by atoms with Crippen molar-refractivity contribution in [2.45, 2.75) is 31.1 Å². The van der Waals surface area contributed by atoms with E-state index >= 15 is 0 Å². The Balaban J connectivity index is 1.48. The van der Waals surface area contributed by atoms with Crippen LogP contribution in [-0.2, 0) is 14.8 Å². The quantitative estimate of drug-likeness (QED) is 0.497. The molecule has 2 aromatic carbocycles. The van der Waals surface area contributed by atoms with Crippen molar-refractivity contribution in [3.8, 4) is 5.75 Å². The minimum Gasteiger partial charge on any atom is -0.493 e. The summed E-state index contributed by atoms with van der Waals surface area (Å²) in [4.78, 5) is 14.5. The average molecular weight is 499 g/mol. The van der Waals surface area contributed by atoms with Gasteiger partial charge in [-0.15, -0.1) is 0 Å². The van der Waals surface area contributed by atoms with Gasteiger partial charge < -0.3 is 9.64 Å². The number of ether oxygens (including phenoxy) is 1. The summed E-state index contributed by atoms with van der Waals surface area (Å²) in [7, 11) is -1.97. The van der Waals surface area contributed by atoms with Crippen molar-refractivity contribution in [3.63, 3.8) is 0 Å². The molecule has 1 heterocycles. The van der Waals surface area contributed by atoms with Gasteiger partial charge in [0.1, 0.15) is 10.6 Å². The van der Waals surface area contributed by atoms with Gasteiger partial charge in [-0.2, -0.15) is 4.31 Å². The lowest BCUT2D eigenvalue weighted by molar-refractivity contribution is -0.135. The zero-order chi connectivity index (χ0) is 23.3. The van der Waals surface area contributed by atoms with Crippen molar-refractivity contribution >= 4 is 39.1 Å². The van der Waals surface area contributed by atoms with E-state index in [0.717, 1.165) is 17.7 Å². The first-order valence-electron chi connectivity index (χ1n) is 10.6. The number of carbonyl (C=O) groups is 1. The molecule has 1 fully saturated rings. The Hall–Kier alpha value is -1.80. The van der Waals surface area contributed by atoms with Gasteiger partial charge in [0.05, 0.1) is 11.6 Å². The summed E-state index contributed by atoms with van der Waals surface area (Å²) in [5.41, 5.74) is 1.08. The zero-order valence-corrected chi connectivity index (χ0v) is 20.6. The molecule has 32 heavy (non-hydrogen) atoms. The molecule has 0 aromatic heterocycles. The molecule has 1 amide bonds. The predicted octanol–water partition coefficient (Wildman–Crippen LogP) is 4.63. The lowest BCUT2D eigenvalue weighted by atomic mass is 9.96. The van der Waals surface area contributed by atoms with E-state index < -0.39 is 10.0 Å². The molecule has 1 aliphatic heterocycles. The summed E-state index contributed by atoms with van der Waals surface area (Å²) in [6.45, 7) is 3.65. The Morgan fingerprint density at radius 3 is 2.53 bits per heavy atom. The van der Waals surface area contributed by atoms with Crippen LogP contribution in [0.25, 0.3) is 0 Å². The number of aryl methyl sites for hydroxylation is 1. The smallest absolute Gasteiger partial charge is 0.244 e. The van der Waals surface area contributed by atoms with Gasteiger partial charge in [0.25, 0.3) is 0 Å². The first-order valence-corrected chi connectivity index (χ1v) is 12.8. The second-order valence-corrected chi connectivity index (χ2v) is 10.7. The van der Waals surface area contributed by atoms with Gasteiger partial charge in [-0.05, 0) is 56.0 Å². The minimum atomic E-state index is -3.76. The van der Waals surface area contributed by atoms with Crippen LogP contribution in [0.1, 0.15) is 24.8 Å². The number of hydrogen-bond acceptors (Lipinski definition) is 4. The lowest BCUT2D eigenvalue weighted by Crippen LogP contribution is -2.43. The van der Waals surface area contributed by atoms with Crippen LogP contribution in [0.15, 0.2) is 47.4 Å². The molecule has 0 unspecified atom stereocenters. The molecule has 9 heteroatoms. The number of rotatable bonds is 8. The Bertz CT molecular complexity index is 1050. The molecule has 1 saturated heterocycles. The van der Waals surface area contributed by atoms with Crippen molar-refractivity contribution in [2.24, 2.45) is 5.92 Å². The molecule has 3 rings (SSSR count). The Labute approximate surface area is 200 Å². The number of halogens is 2. The summed E-state index contributed by atoms with van der Waals surface area (Å²) in [5, 5.41) is 0.450. The number of amides is 1. The molecule has 0 bridgehead atoms. The van der Waals surface area contributed by atoms with Gasteiger partial charge in [0, 0.05) is 37.6 Å². The van der Waals surface area contributed by atoms with Crippen LogP contribution in [0, 0.1) is 12.8 Å². The highest BCUT2D eigenvalue weighted by molar-refractivity contribution is 7.89. The maximum atomic E-state index is 13.0. The van der Waals surface area contributed by atoms with Crippen LogP contribution < -0.4 is 4.74 Å². The molecule has 0 saturated carbocycles. The zero-order valence-electron chi connectivity index (χ0n) is 18.3. The number of hydrogen-bond donors (Lipinski definition) is 0. The minimum absolute atomic E-state index is 0.00205. The first-order chi connectivity index (χ1) is 15.2. The van der Waals surface area contributed by atoms with Crippen molar-refractivity contribution < 1.29 is 17.9 Å². The van der Waals surface area contributed by atoms with Crippen molar-refractivity contribution in [1.82, 2.24) is 9.21 Å². The summed E-state index contributed by atoms with van der Waals surface area (Å²) in [5.74, 6) is 0.701. The fraction of sp³-hybridized carbons (Fsp3) is 0.435. The average Bonchev–Trinajstić information content (AvgIpc) is 2.78. The van der Waals surface area contributed by atoms with Gasteiger partial charge in [0.2, 0.25) is 15.9 Å². The second-order valence-electron chi connectivity index (χ2n) is 7.98. The van der Waals surface area contributed by atoms with Crippen LogP contribution in [0.2, 0.25) is 10.0 Å². The number of nitrogens with zero attached hydrogens (tertiary/aromatic N) is 2. The highest BCUT2D eigenvalue weighted by Crippen LogP contribution is 2.30. The van der Waals surface area contributed by atoms with Gasteiger partial charge in [-0.25, -0.2) is 8.42 Å². The Morgan fingerprint density at radius 1 is 1.16 bits per heavy atom. The monoisotopic (exact) mass is 498 g/mol. The maximum absolute atomic E-state index is 13.0. The number of piperidine rings is 1. The molecule has 0 aliphatic carbocycles. The Morgan fingerprint density at radius 2 is 1.84 bits per heavy atom. The molecule has 0 atom stereocenters. The van der Waals surface area contributed by atoms with Crippen LogP contribution in [0.5, 0.6) is 5.75 Å². The summed E-state index contributed by atoms with van der Waals surface area (Å²) < 4.78 is 33.1. The first kappa shape index (κ1) is 24.8. The molecule has 0 N–H and O–H groups in total. The molecule has 174 valence electrons. The van der Waals surface area contributed by atoms with E-state index in [-0.39, 0.29) is 34.8 Å². The largest absolute Gasteiger partial charge is 0.493 e. The summed E-state index contributed by atoms with van der Waals surface area (Å²) >= 11 is 12.0. The molecular formula is C23H28Cl2N2O4S. The van der Waals surface area contributed by atoms with Crippen LogP contribution in [0.3, 0.4) is 0 Å².